The van der Waals surface area contributed by atoms with Gasteiger partial charge in [-0.15, -0.1) is 0 Å². The lowest BCUT2D eigenvalue weighted by Crippen LogP contribution is -2.25. The number of ether oxygens (including phenoxy) is 1. The van der Waals surface area contributed by atoms with Gasteiger partial charge in [0.2, 0.25) is 10.0 Å². The first kappa shape index (κ1) is 21.3. The molecule has 0 aliphatic rings. The van der Waals surface area contributed by atoms with Gasteiger partial charge in [-0.2, -0.15) is 10.4 Å². The number of benzene rings is 2. The maximum absolute atomic E-state index is 13.1. The van der Waals surface area contributed by atoms with Crippen LogP contribution in [0.25, 0.3) is 5.69 Å². The Bertz CT molecular complexity index is 1170. The normalized spacial score (nSPS) is 11.2. The number of hydrogen-bond acceptors (Lipinski definition) is 6. The van der Waals surface area contributed by atoms with Crippen molar-refractivity contribution in [3.8, 4) is 17.5 Å². The SMILES string of the molecule is COc1ccc(S(=O)(=O)NCCCc2nn(-c3ccc(F)cc3)c(N)c2C#N)cc1. The van der Waals surface area contributed by atoms with Crippen LogP contribution in [-0.2, 0) is 16.4 Å². The summed E-state index contributed by atoms with van der Waals surface area (Å²) in [5, 5.41) is 13.8. The Labute approximate surface area is 173 Å². The minimum atomic E-state index is -3.66. The molecule has 1 aromatic heterocycles. The molecule has 156 valence electrons. The molecule has 0 unspecified atom stereocenters. The summed E-state index contributed by atoms with van der Waals surface area (Å²) in [4.78, 5) is 0.130. The summed E-state index contributed by atoms with van der Waals surface area (Å²) in [5.41, 5.74) is 7.21. The summed E-state index contributed by atoms with van der Waals surface area (Å²) in [6, 6.07) is 13.6. The summed E-state index contributed by atoms with van der Waals surface area (Å²) >= 11 is 0. The molecule has 0 aliphatic heterocycles. The number of aryl methyl sites for hydroxylation is 1. The fraction of sp³-hybridized carbons (Fsp3) is 0.200. The molecule has 0 spiro atoms. The molecule has 3 aromatic rings. The van der Waals surface area contributed by atoms with Gasteiger partial charge in [-0.1, -0.05) is 0 Å². The van der Waals surface area contributed by atoms with Gasteiger partial charge >= 0.3 is 0 Å². The molecule has 0 fully saturated rings. The number of halogens is 1. The second-order valence-electron chi connectivity index (χ2n) is 6.38. The predicted molar refractivity (Wildman–Crippen MR) is 109 cm³/mol. The molecule has 0 atom stereocenters. The molecule has 0 bridgehead atoms. The van der Waals surface area contributed by atoms with E-state index in [0.717, 1.165) is 0 Å². The fourth-order valence-electron chi connectivity index (χ4n) is 2.85. The Hall–Kier alpha value is -3.42. The number of nitrogen functional groups attached to an aromatic ring is 1. The third-order valence-electron chi connectivity index (χ3n) is 4.43. The van der Waals surface area contributed by atoms with Crippen molar-refractivity contribution in [3.05, 3.63) is 65.6 Å². The fourth-order valence-corrected chi connectivity index (χ4v) is 3.93. The number of nitrogens with one attached hydrogen (secondary N) is 1. The van der Waals surface area contributed by atoms with Gasteiger partial charge in [0, 0.05) is 6.54 Å². The summed E-state index contributed by atoms with van der Waals surface area (Å²) in [7, 11) is -2.16. The number of sulfonamides is 1. The average molecular weight is 429 g/mol. The highest BCUT2D eigenvalue weighted by molar-refractivity contribution is 7.89. The van der Waals surface area contributed by atoms with E-state index >= 15 is 0 Å². The third kappa shape index (κ3) is 4.59. The number of nitrogens with zero attached hydrogens (tertiary/aromatic N) is 3. The van der Waals surface area contributed by atoms with Crippen LogP contribution >= 0.6 is 0 Å². The van der Waals surface area contributed by atoms with E-state index in [1.54, 1.807) is 12.1 Å². The van der Waals surface area contributed by atoms with Crippen LogP contribution in [0.3, 0.4) is 0 Å². The number of nitriles is 1. The molecule has 2 aromatic carbocycles. The van der Waals surface area contributed by atoms with Crippen LogP contribution < -0.4 is 15.2 Å². The Kier molecular flexibility index (Phi) is 6.34. The smallest absolute Gasteiger partial charge is 0.240 e. The predicted octanol–water partition coefficient (Wildman–Crippen LogP) is 2.38. The first-order valence-electron chi connectivity index (χ1n) is 9.03. The molecule has 0 saturated heterocycles. The van der Waals surface area contributed by atoms with Crippen LogP contribution in [0.4, 0.5) is 10.2 Å². The molecule has 8 nitrogen and oxygen atoms in total. The van der Waals surface area contributed by atoms with Crippen molar-refractivity contribution in [2.24, 2.45) is 0 Å². The monoisotopic (exact) mass is 429 g/mol. The summed E-state index contributed by atoms with van der Waals surface area (Å²) in [6.45, 7) is 0.155. The van der Waals surface area contributed by atoms with E-state index in [0.29, 0.717) is 30.0 Å². The van der Waals surface area contributed by atoms with Gasteiger partial charge in [-0.3, -0.25) is 0 Å². The van der Waals surface area contributed by atoms with Gasteiger partial charge in [0.05, 0.1) is 23.4 Å². The Balaban J connectivity index is 1.66. The quantitative estimate of drug-likeness (QED) is 0.530. The second-order valence-corrected chi connectivity index (χ2v) is 8.15. The first-order valence-corrected chi connectivity index (χ1v) is 10.5. The first-order chi connectivity index (χ1) is 14.4. The van der Waals surface area contributed by atoms with E-state index in [9.17, 15) is 18.1 Å². The maximum Gasteiger partial charge on any atom is 0.240 e. The van der Waals surface area contributed by atoms with Crippen molar-refractivity contribution in [1.29, 1.82) is 5.26 Å². The zero-order chi connectivity index (χ0) is 21.7. The van der Waals surface area contributed by atoms with Gasteiger partial charge in [0.25, 0.3) is 0 Å². The maximum atomic E-state index is 13.1. The van der Waals surface area contributed by atoms with E-state index in [2.05, 4.69) is 9.82 Å². The second kappa shape index (κ2) is 8.94. The van der Waals surface area contributed by atoms with Crippen molar-refractivity contribution in [1.82, 2.24) is 14.5 Å². The van der Waals surface area contributed by atoms with Crippen molar-refractivity contribution < 1.29 is 17.5 Å². The number of nitrogens with two attached hydrogens (primary N) is 1. The van der Waals surface area contributed by atoms with Crippen LogP contribution in [0.2, 0.25) is 0 Å². The Morgan fingerprint density at radius 1 is 1.20 bits per heavy atom. The minimum absolute atomic E-state index is 0.130. The average Bonchev–Trinajstić information content (AvgIpc) is 3.07. The lowest BCUT2D eigenvalue weighted by molar-refractivity contribution is 0.414. The van der Waals surface area contributed by atoms with E-state index in [4.69, 9.17) is 10.5 Å². The van der Waals surface area contributed by atoms with Crippen LogP contribution in [0.15, 0.2) is 53.4 Å². The number of rotatable bonds is 8. The molecule has 3 N–H and O–H groups in total. The molecular weight excluding hydrogens is 409 g/mol. The van der Waals surface area contributed by atoms with Crippen molar-refractivity contribution >= 4 is 15.8 Å². The molecule has 0 saturated carbocycles. The lowest BCUT2D eigenvalue weighted by Gasteiger charge is -2.07. The number of hydrogen-bond donors (Lipinski definition) is 2. The van der Waals surface area contributed by atoms with Gasteiger partial charge < -0.3 is 10.5 Å². The van der Waals surface area contributed by atoms with Gasteiger partial charge in [0.1, 0.15) is 29.0 Å². The molecule has 0 radical (unpaired) electrons. The van der Waals surface area contributed by atoms with Gasteiger partial charge in [0.15, 0.2) is 0 Å². The largest absolute Gasteiger partial charge is 0.497 e. The van der Waals surface area contributed by atoms with Crippen molar-refractivity contribution in [2.45, 2.75) is 17.7 Å². The third-order valence-corrected chi connectivity index (χ3v) is 5.91. The lowest BCUT2D eigenvalue weighted by atomic mass is 10.1. The zero-order valence-electron chi connectivity index (χ0n) is 16.2. The Morgan fingerprint density at radius 2 is 1.87 bits per heavy atom. The molecule has 10 heteroatoms. The zero-order valence-corrected chi connectivity index (χ0v) is 17.0. The minimum Gasteiger partial charge on any atom is -0.497 e. The standard InChI is InChI=1S/C20H20FN5O3S/c1-29-16-8-10-17(11-9-16)30(27,28)24-12-2-3-19-18(13-22)20(23)26(25-19)15-6-4-14(21)5-7-15/h4-11,24H,2-3,12,23H2,1H3. The highest BCUT2D eigenvalue weighted by atomic mass is 32.2. The van der Waals surface area contributed by atoms with Gasteiger partial charge in [-0.25, -0.2) is 22.2 Å². The summed E-state index contributed by atoms with van der Waals surface area (Å²) in [6.07, 6.45) is 0.746. The number of anilines is 1. The van der Waals surface area contributed by atoms with Crippen LogP contribution in [0.5, 0.6) is 5.75 Å². The van der Waals surface area contributed by atoms with Crippen LogP contribution in [-0.4, -0.2) is 31.9 Å². The number of methoxy groups -OCH3 is 1. The Morgan fingerprint density at radius 3 is 2.47 bits per heavy atom. The van der Waals surface area contributed by atoms with E-state index in [1.165, 1.54) is 48.2 Å². The van der Waals surface area contributed by atoms with E-state index < -0.39 is 15.8 Å². The summed E-state index contributed by atoms with van der Waals surface area (Å²) in [5.74, 6) is 0.319. The van der Waals surface area contributed by atoms with Crippen LogP contribution in [0, 0.1) is 17.1 Å². The van der Waals surface area contributed by atoms with Crippen molar-refractivity contribution in [3.63, 3.8) is 0 Å². The molecule has 1 heterocycles. The highest BCUT2D eigenvalue weighted by Crippen LogP contribution is 2.22. The summed E-state index contributed by atoms with van der Waals surface area (Å²) < 4.78 is 46.8. The molecule has 0 aliphatic carbocycles. The molecule has 0 amide bonds. The van der Waals surface area contributed by atoms with Crippen molar-refractivity contribution in [2.75, 3.05) is 19.4 Å². The molecule has 30 heavy (non-hydrogen) atoms. The topological polar surface area (TPSA) is 123 Å². The molecule has 3 rings (SSSR count). The molecular formula is C20H20FN5O3S. The van der Waals surface area contributed by atoms with Crippen LogP contribution in [0.1, 0.15) is 17.7 Å². The van der Waals surface area contributed by atoms with E-state index in [1.807, 2.05) is 6.07 Å². The highest BCUT2D eigenvalue weighted by Gasteiger charge is 2.17. The number of aromatic nitrogens is 2. The van der Waals surface area contributed by atoms with Gasteiger partial charge in [-0.05, 0) is 61.4 Å². The van der Waals surface area contributed by atoms with E-state index in [-0.39, 0.29) is 22.8 Å².